The van der Waals surface area contributed by atoms with Crippen LogP contribution in [0.3, 0.4) is 0 Å². The van der Waals surface area contributed by atoms with E-state index in [4.69, 9.17) is 0 Å². The van der Waals surface area contributed by atoms with Crippen LogP contribution >= 0.6 is 0 Å². The number of carboxylic acid groups (broad SMARTS) is 1. The van der Waals surface area contributed by atoms with E-state index < -0.39 is 29.2 Å². The van der Waals surface area contributed by atoms with Crippen LogP contribution in [0.2, 0.25) is 0 Å². The molecule has 7 heteroatoms. The van der Waals surface area contributed by atoms with Crippen LogP contribution in [0.25, 0.3) is 11.1 Å². The van der Waals surface area contributed by atoms with Gasteiger partial charge in [0.05, 0.1) is 11.1 Å². The van der Waals surface area contributed by atoms with E-state index in [2.05, 4.69) is 0 Å². The van der Waals surface area contributed by atoms with Gasteiger partial charge in [-0.05, 0) is 66.5 Å². The Morgan fingerprint density at radius 2 is 1.75 bits per heavy atom. The Kier molecular flexibility index (Phi) is 4.84. The highest BCUT2D eigenvalue weighted by atomic mass is 19.4. The molecule has 0 radical (unpaired) electrons. The van der Waals surface area contributed by atoms with Crippen molar-refractivity contribution in [3.63, 3.8) is 0 Å². The second-order valence-electron chi connectivity index (χ2n) is 9.29. The van der Waals surface area contributed by atoms with Crippen molar-refractivity contribution < 1.29 is 27.9 Å². The zero-order valence-corrected chi connectivity index (χ0v) is 17.5. The van der Waals surface area contributed by atoms with Crippen molar-refractivity contribution in [3.05, 3.63) is 59.2 Å². The van der Waals surface area contributed by atoms with E-state index in [-0.39, 0.29) is 17.0 Å². The predicted octanol–water partition coefficient (Wildman–Crippen LogP) is 5.72. The molecule has 32 heavy (non-hydrogen) atoms. The number of amides is 1. The molecule has 1 aliphatic heterocycles. The molecule has 2 aromatic carbocycles. The van der Waals surface area contributed by atoms with Gasteiger partial charge < -0.3 is 10.0 Å². The number of carboxylic acids is 1. The Balaban J connectivity index is 1.68. The first-order valence-corrected chi connectivity index (χ1v) is 11.1. The molecular formula is C25H24F3NO3. The normalized spacial score (nSPS) is 22.3. The van der Waals surface area contributed by atoms with Crippen LogP contribution in [0.15, 0.2) is 42.5 Å². The fourth-order valence-corrected chi connectivity index (χ4v) is 5.67. The zero-order valence-electron chi connectivity index (χ0n) is 17.5. The number of rotatable bonds is 4. The second kappa shape index (κ2) is 7.36. The predicted molar refractivity (Wildman–Crippen MR) is 112 cm³/mol. The summed E-state index contributed by atoms with van der Waals surface area (Å²) in [5.74, 6) is -1.76. The lowest BCUT2D eigenvalue weighted by Gasteiger charge is -2.49. The summed E-state index contributed by atoms with van der Waals surface area (Å²) in [6.07, 6.45) is 0.419. The minimum absolute atomic E-state index is 0.0136. The lowest BCUT2D eigenvalue weighted by atomic mass is 9.71. The molecule has 168 valence electrons. The van der Waals surface area contributed by atoms with Crippen molar-refractivity contribution in [1.82, 2.24) is 4.90 Å². The number of aliphatic carboxylic acids is 1. The van der Waals surface area contributed by atoms with Crippen molar-refractivity contribution in [2.75, 3.05) is 6.54 Å². The van der Waals surface area contributed by atoms with Crippen molar-refractivity contribution in [3.8, 4) is 11.1 Å². The second-order valence-corrected chi connectivity index (χ2v) is 9.29. The molecule has 1 N–H and O–H groups in total. The fraction of sp³-hybridized carbons (Fsp3) is 0.440. The third-order valence-corrected chi connectivity index (χ3v) is 7.31. The Labute approximate surface area is 184 Å². The van der Waals surface area contributed by atoms with Gasteiger partial charge in [0.2, 0.25) is 0 Å². The molecule has 1 unspecified atom stereocenters. The molecule has 1 atom stereocenters. The maximum Gasteiger partial charge on any atom is 0.417 e. The van der Waals surface area contributed by atoms with Crippen LogP contribution in [0.4, 0.5) is 13.2 Å². The number of fused-ring (bicyclic) bond motifs is 1. The summed E-state index contributed by atoms with van der Waals surface area (Å²) in [6.45, 7) is 0.556. The number of alkyl halides is 3. The van der Waals surface area contributed by atoms with Gasteiger partial charge in [0.15, 0.2) is 0 Å². The van der Waals surface area contributed by atoms with Gasteiger partial charge in [-0.25, -0.2) is 0 Å². The van der Waals surface area contributed by atoms with Gasteiger partial charge in [-0.15, -0.1) is 0 Å². The first-order valence-electron chi connectivity index (χ1n) is 11.1. The highest BCUT2D eigenvalue weighted by Crippen LogP contribution is 2.52. The van der Waals surface area contributed by atoms with Crippen molar-refractivity contribution in [2.45, 2.75) is 56.2 Å². The third kappa shape index (κ3) is 3.29. The van der Waals surface area contributed by atoms with Crippen LogP contribution in [-0.4, -0.2) is 34.0 Å². The number of hydrogen-bond acceptors (Lipinski definition) is 2. The topological polar surface area (TPSA) is 57.6 Å². The van der Waals surface area contributed by atoms with E-state index in [0.717, 1.165) is 31.7 Å². The van der Waals surface area contributed by atoms with Crippen LogP contribution in [0, 0.1) is 5.92 Å². The average Bonchev–Trinajstić information content (AvgIpc) is 3.46. The van der Waals surface area contributed by atoms with Gasteiger partial charge in [0.1, 0.15) is 5.92 Å². The fourth-order valence-electron chi connectivity index (χ4n) is 5.67. The molecule has 4 nitrogen and oxygen atoms in total. The van der Waals surface area contributed by atoms with Crippen molar-refractivity contribution in [1.29, 1.82) is 0 Å². The standard InChI is InChI=1S/C25H24F3NO3/c26-25(27,28)20-6-2-1-5-17(20)16-9-10-18-19(13-16)21(23(31)32)24(11-3-4-12-24)29(22(18)30)14-15-7-8-15/h1-2,5-6,9-10,13,15,21H,3-4,7-8,11-12,14H2,(H,31,32). The summed E-state index contributed by atoms with van der Waals surface area (Å²) in [4.78, 5) is 27.9. The Morgan fingerprint density at radius 3 is 2.38 bits per heavy atom. The van der Waals surface area contributed by atoms with E-state index >= 15 is 0 Å². The molecular weight excluding hydrogens is 419 g/mol. The number of halogens is 3. The first kappa shape index (κ1) is 21.0. The summed E-state index contributed by atoms with van der Waals surface area (Å²) < 4.78 is 40.8. The molecule has 0 aromatic heterocycles. The highest BCUT2D eigenvalue weighted by molar-refractivity contribution is 6.01. The average molecular weight is 443 g/mol. The van der Waals surface area contributed by atoms with Gasteiger partial charge in [-0.2, -0.15) is 13.2 Å². The number of carbonyl (C=O) groups is 2. The SMILES string of the molecule is O=C(O)C1c2cc(-c3ccccc3C(F)(F)F)ccc2C(=O)N(CC2CC2)C12CCCC2. The van der Waals surface area contributed by atoms with E-state index in [1.54, 1.807) is 4.90 Å². The molecule has 1 heterocycles. The summed E-state index contributed by atoms with van der Waals surface area (Å²) in [6, 6.07) is 9.78. The molecule has 3 aliphatic rings. The third-order valence-electron chi connectivity index (χ3n) is 7.31. The van der Waals surface area contributed by atoms with E-state index in [1.165, 1.54) is 36.4 Å². The summed E-state index contributed by atoms with van der Waals surface area (Å²) in [5.41, 5.74) is -0.685. The molecule has 2 fully saturated rings. The van der Waals surface area contributed by atoms with E-state index in [9.17, 15) is 27.9 Å². The Bertz CT molecular complexity index is 1080. The molecule has 0 saturated heterocycles. The van der Waals surface area contributed by atoms with Gasteiger partial charge in [0.25, 0.3) is 5.91 Å². The Morgan fingerprint density at radius 1 is 1.06 bits per heavy atom. The lowest BCUT2D eigenvalue weighted by Crippen LogP contribution is -2.59. The van der Waals surface area contributed by atoms with Crippen LogP contribution < -0.4 is 0 Å². The first-order chi connectivity index (χ1) is 15.2. The van der Waals surface area contributed by atoms with Crippen molar-refractivity contribution >= 4 is 11.9 Å². The molecule has 2 aromatic rings. The Hall–Kier alpha value is -2.83. The maximum atomic E-state index is 13.6. The molecule has 2 saturated carbocycles. The van der Waals surface area contributed by atoms with E-state index in [1.807, 2.05) is 0 Å². The van der Waals surface area contributed by atoms with Gasteiger partial charge in [0, 0.05) is 12.1 Å². The number of benzene rings is 2. The van der Waals surface area contributed by atoms with Gasteiger partial charge in [-0.1, -0.05) is 37.1 Å². The highest BCUT2D eigenvalue weighted by Gasteiger charge is 2.56. The summed E-state index contributed by atoms with van der Waals surface area (Å²) in [7, 11) is 0. The molecule has 1 amide bonds. The number of carbonyl (C=O) groups excluding carboxylic acids is 1. The molecule has 1 spiro atoms. The number of nitrogens with zero attached hydrogens (tertiary/aromatic N) is 1. The quantitative estimate of drug-likeness (QED) is 0.658. The van der Waals surface area contributed by atoms with Gasteiger partial charge >= 0.3 is 12.1 Å². The molecule has 0 bridgehead atoms. The summed E-state index contributed by atoms with van der Waals surface area (Å²) >= 11 is 0. The molecule has 2 aliphatic carbocycles. The van der Waals surface area contributed by atoms with Crippen LogP contribution in [0.1, 0.15) is 65.9 Å². The van der Waals surface area contributed by atoms with Crippen LogP contribution in [-0.2, 0) is 11.0 Å². The summed E-state index contributed by atoms with van der Waals surface area (Å²) in [5, 5.41) is 10.3. The largest absolute Gasteiger partial charge is 0.481 e. The van der Waals surface area contributed by atoms with Crippen LogP contribution in [0.5, 0.6) is 0 Å². The minimum Gasteiger partial charge on any atom is -0.481 e. The van der Waals surface area contributed by atoms with Gasteiger partial charge in [-0.3, -0.25) is 9.59 Å². The maximum absolute atomic E-state index is 13.6. The monoisotopic (exact) mass is 443 g/mol. The lowest BCUT2D eigenvalue weighted by molar-refractivity contribution is -0.143. The zero-order chi connectivity index (χ0) is 22.7. The number of hydrogen-bond donors (Lipinski definition) is 1. The minimum atomic E-state index is -4.54. The molecule has 5 rings (SSSR count). The van der Waals surface area contributed by atoms with E-state index in [0.29, 0.717) is 36.4 Å². The van der Waals surface area contributed by atoms with Crippen molar-refractivity contribution in [2.24, 2.45) is 5.92 Å². The smallest absolute Gasteiger partial charge is 0.417 e.